The molecule has 1 amide bonds. The van der Waals surface area contributed by atoms with Gasteiger partial charge in [0.15, 0.2) is 0 Å². The molecule has 2 aromatic carbocycles. The first kappa shape index (κ1) is 19.0. The quantitative estimate of drug-likeness (QED) is 0.793. The molecule has 0 spiro atoms. The van der Waals surface area contributed by atoms with Gasteiger partial charge in [0.1, 0.15) is 0 Å². The van der Waals surface area contributed by atoms with Crippen molar-refractivity contribution in [2.24, 2.45) is 0 Å². The molecule has 2 aromatic rings. The van der Waals surface area contributed by atoms with Gasteiger partial charge in [0.05, 0.1) is 4.90 Å². The van der Waals surface area contributed by atoms with Crippen molar-refractivity contribution in [2.45, 2.75) is 24.7 Å². The Kier molecular flexibility index (Phi) is 5.12. The largest absolute Gasteiger partial charge is 0.369 e. The summed E-state index contributed by atoms with van der Waals surface area (Å²) in [5.74, 6) is 0.107. The van der Waals surface area contributed by atoms with Gasteiger partial charge in [0.2, 0.25) is 15.9 Å². The number of hydrogen-bond donors (Lipinski definition) is 0. The van der Waals surface area contributed by atoms with Crippen LogP contribution in [0, 0.1) is 6.92 Å². The van der Waals surface area contributed by atoms with Crippen LogP contribution in [0.2, 0.25) is 0 Å². The highest BCUT2D eigenvalue weighted by atomic mass is 32.2. The first-order chi connectivity index (χ1) is 13.5. The van der Waals surface area contributed by atoms with Crippen LogP contribution >= 0.6 is 0 Å². The van der Waals surface area contributed by atoms with Crippen LogP contribution in [-0.2, 0) is 14.8 Å². The minimum absolute atomic E-state index is 0.107. The predicted octanol–water partition coefficient (Wildman–Crippen LogP) is 2.63. The highest BCUT2D eigenvalue weighted by molar-refractivity contribution is 7.89. The molecule has 2 aliphatic heterocycles. The molecule has 0 unspecified atom stereocenters. The van der Waals surface area contributed by atoms with Crippen molar-refractivity contribution in [3.8, 4) is 0 Å². The molecule has 148 valence electrons. The van der Waals surface area contributed by atoms with E-state index < -0.39 is 10.0 Å². The Morgan fingerprint density at radius 1 is 0.893 bits per heavy atom. The van der Waals surface area contributed by atoms with E-state index in [4.69, 9.17) is 0 Å². The zero-order valence-electron chi connectivity index (χ0n) is 16.0. The number of hydrogen-bond acceptors (Lipinski definition) is 4. The molecule has 0 bridgehead atoms. The number of rotatable bonds is 4. The van der Waals surface area contributed by atoms with E-state index >= 15 is 0 Å². The number of aryl methyl sites for hydroxylation is 1. The summed E-state index contributed by atoms with van der Waals surface area (Å²) < 4.78 is 27.8. The fourth-order valence-electron chi connectivity index (χ4n) is 3.97. The highest BCUT2D eigenvalue weighted by Crippen LogP contribution is 2.29. The maximum absolute atomic E-state index is 13.1. The van der Waals surface area contributed by atoms with Crippen molar-refractivity contribution >= 4 is 27.3 Å². The Bertz CT molecular complexity index is 968. The SMILES string of the molecule is Cc1cc(S(=O)(=O)N2CCN(c3ccccc3)CC2)ccc1N1CCCC1=O. The third-order valence-corrected chi connectivity index (χ3v) is 7.42. The molecule has 2 fully saturated rings. The van der Waals surface area contributed by atoms with Gasteiger partial charge in [-0.3, -0.25) is 4.79 Å². The fourth-order valence-corrected chi connectivity index (χ4v) is 5.48. The maximum Gasteiger partial charge on any atom is 0.243 e. The average Bonchev–Trinajstić information content (AvgIpc) is 3.14. The van der Waals surface area contributed by atoms with Crippen LogP contribution < -0.4 is 9.80 Å². The third-order valence-electron chi connectivity index (χ3n) is 5.53. The predicted molar refractivity (Wildman–Crippen MR) is 110 cm³/mol. The average molecular weight is 400 g/mol. The molecule has 0 aromatic heterocycles. The summed E-state index contributed by atoms with van der Waals surface area (Å²) in [6.07, 6.45) is 1.41. The minimum Gasteiger partial charge on any atom is -0.369 e. The zero-order valence-corrected chi connectivity index (χ0v) is 16.9. The third kappa shape index (κ3) is 3.52. The van der Waals surface area contributed by atoms with E-state index in [0.717, 1.165) is 23.4 Å². The second-order valence-corrected chi connectivity index (χ2v) is 9.26. The van der Waals surface area contributed by atoms with E-state index in [1.54, 1.807) is 27.4 Å². The Hall–Kier alpha value is -2.38. The number of piperazine rings is 1. The molecule has 28 heavy (non-hydrogen) atoms. The number of carbonyl (C=O) groups excluding carboxylic acids is 1. The maximum atomic E-state index is 13.1. The molecule has 6 nitrogen and oxygen atoms in total. The number of anilines is 2. The van der Waals surface area contributed by atoms with Gasteiger partial charge in [-0.15, -0.1) is 0 Å². The second-order valence-electron chi connectivity index (χ2n) is 7.32. The summed E-state index contributed by atoms with van der Waals surface area (Å²) in [4.78, 5) is 16.3. The van der Waals surface area contributed by atoms with Gasteiger partial charge >= 0.3 is 0 Å². The normalized spacial score (nSPS) is 18.7. The standard InChI is InChI=1S/C21H25N3O3S/c1-17-16-19(9-10-20(17)24-11-5-8-21(24)25)28(26,27)23-14-12-22(13-15-23)18-6-3-2-4-7-18/h2-4,6-7,9-10,16H,5,8,11-15H2,1H3. The molecular formula is C21H25N3O3S. The molecule has 2 saturated heterocycles. The Labute approximate surface area is 166 Å². The van der Waals surface area contributed by atoms with E-state index in [9.17, 15) is 13.2 Å². The highest BCUT2D eigenvalue weighted by Gasteiger charge is 2.30. The summed E-state index contributed by atoms with van der Waals surface area (Å²) in [6.45, 7) is 4.83. The number of amides is 1. The van der Waals surface area contributed by atoms with E-state index in [1.807, 2.05) is 37.3 Å². The molecule has 0 aliphatic carbocycles. The summed E-state index contributed by atoms with van der Waals surface area (Å²) in [6, 6.07) is 15.2. The summed E-state index contributed by atoms with van der Waals surface area (Å²) in [5, 5.41) is 0. The van der Waals surface area contributed by atoms with Crippen molar-refractivity contribution in [2.75, 3.05) is 42.5 Å². The van der Waals surface area contributed by atoms with Gasteiger partial charge in [-0.2, -0.15) is 4.31 Å². The lowest BCUT2D eigenvalue weighted by Gasteiger charge is -2.35. The number of para-hydroxylation sites is 1. The van der Waals surface area contributed by atoms with Crippen molar-refractivity contribution in [3.63, 3.8) is 0 Å². The Morgan fingerprint density at radius 3 is 2.21 bits per heavy atom. The van der Waals surface area contributed by atoms with Gasteiger partial charge in [-0.25, -0.2) is 8.42 Å². The minimum atomic E-state index is -3.54. The number of nitrogens with zero attached hydrogens (tertiary/aromatic N) is 3. The van der Waals surface area contributed by atoms with Gasteiger partial charge in [-0.05, 0) is 49.2 Å². The van der Waals surface area contributed by atoms with Gasteiger partial charge < -0.3 is 9.80 Å². The van der Waals surface area contributed by atoms with Crippen molar-refractivity contribution in [3.05, 3.63) is 54.1 Å². The Balaban J connectivity index is 1.49. The molecule has 0 atom stereocenters. The summed E-state index contributed by atoms with van der Waals surface area (Å²) >= 11 is 0. The zero-order chi connectivity index (χ0) is 19.7. The van der Waals surface area contributed by atoms with E-state index in [-0.39, 0.29) is 5.91 Å². The number of sulfonamides is 1. The number of carbonyl (C=O) groups is 1. The van der Waals surface area contributed by atoms with Crippen LogP contribution in [0.5, 0.6) is 0 Å². The van der Waals surface area contributed by atoms with E-state index in [2.05, 4.69) is 4.90 Å². The lowest BCUT2D eigenvalue weighted by Crippen LogP contribution is -2.48. The first-order valence-corrected chi connectivity index (χ1v) is 11.1. The molecule has 0 saturated carbocycles. The fraction of sp³-hybridized carbons (Fsp3) is 0.381. The van der Waals surface area contributed by atoms with E-state index in [0.29, 0.717) is 44.0 Å². The molecule has 0 radical (unpaired) electrons. The van der Waals surface area contributed by atoms with Crippen LogP contribution in [0.1, 0.15) is 18.4 Å². The van der Waals surface area contributed by atoms with Crippen LogP contribution in [0.25, 0.3) is 0 Å². The van der Waals surface area contributed by atoms with Gasteiger partial charge in [-0.1, -0.05) is 18.2 Å². The lowest BCUT2D eigenvalue weighted by atomic mass is 10.2. The second kappa shape index (κ2) is 7.56. The van der Waals surface area contributed by atoms with Crippen LogP contribution in [0.4, 0.5) is 11.4 Å². The topological polar surface area (TPSA) is 60.9 Å². The molecule has 7 heteroatoms. The van der Waals surface area contributed by atoms with Crippen LogP contribution in [-0.4, -0.2) is 51.4 Å². The molecule has 2 heterocycles. The van der Waals surface area contributed by atoms with E-state index in [1.165, 1.54) is 0 Å². The Morgan fingerprint density at radius 2 is 1.61 bits per heavy atom. The molecule has 2 aliphatic rings. The lowest BCUT2D eigenvalue weighted by molar-refractivity contribution is -0.117. The molecule has 0 N–H and O–H groups in total. The van der Waals surface area contributed by atoms with Crippen molar-refractivity contribution in [1.29, 1.82) is 0 Å². The van der Waals surface area contributed by atoms with Gasteiger partial charge in [0, 0.05) is 50.5 Å². The molecule has 4 rings (SSSR count). The van der Waals surface area contributed by atoms with Crippen LogP contribution in [0.3, 0.4) is 0 Å². The van der Waals surface area contributed by atoms with Crippen molar-refractivity contribution in [1.82, 2.24) is 4.31 Å². The smallest absolute Gasteiger partial charge is 0.243 e. The summed E-state index contributed by atoms with van der Waals surface area (Å²) in [5.41, 5.74) is 2.75. The monoisotopic (exact) mass is 399 g/mol. The summed E-state index contributed by atoms with van der Waals surface area (Å²) in [7, 11) is -3.54. The van der Waals surface area contributed by atoms with Crippen molar-refractivity contribution < 1.29 is 13.2 Å². The first-order valence-electron chi connectivity index (χ1n) is 9.68. The van der Waals surface area contributed by atoms with Crippen LogP contribution in [0.15, 0.2) is 53.4 Å². The number of benzene rings is 2. The molecular weight excluding hydrogens is 374 g/mol. The van der Waals surface area contributed by atoms with Gasteiger partial charge in [0.25, 0.3) is 0 Å².